The third kappa shape index (κ3) is 4.07. The summed E-state index contributed by atoms with van der Waals surface area (Å²) in [4.78, 5) is 0. The predicted molar refractivity (Wildman–Crippen MR) is 170 cm³/mol. The first-order valence-electron chi connectivity index (χ1n) is 16.2. The summed E-state index contributed by atoms with van der Waals surface area (Å²) in [5.41, 5.74) is 2.50. The van der Waals surface area contributed by atoms with Crippen LogP contribution in [-0.4, -0.2) is 45.6 Å². The van der Waals surface area contributed by atoms with Gasteiger partial charge < -0.3 is 18.6 Å². The molecule has 6 atom stereocenters. The molecule has 2 spiro atoms. The molecule has 7 rings (SSSR count). The Bertz CT molecular complexity index is 1320. The van der Waals surface area contributed by atoms with Gasteiger partial charge in [0.05, 0.1) is 23.4 Å². The van der Waals surface area contributed by atoms with Crippen molar-refractivity contribution >= 4 is 18.7 Å². The Balaban J connectivity index is 1.31. The van der Waals surface area contributed by atoms with Crippen LogP contribution >= 0.6 is 0 Å². The number of hydrogen-bond acceptors (Lipinski definition) is 4. The normalized spacial score (nSPS) is 35.6. The Labute approximate surface area is 253 Å². The van der Waals surface area contributed by atoms with Crippen molar-refractivity contribution in [2.75, 3.05) is 13.9 Å². The van der Waals surface area contributed by atoms with Gasteiger partial charge in [-0.05, 0) is 77.9 Å². The number of fused-ring (bicyclic) bond motifs is 1. The lowest BCUT2D eigenvalue weighted by atomic mass is 9.60. The maximum atomic E-state index is 7.81. The molecule has 0 unspecified atom stereocenters. The van der Waals surface area contributed by atoms with Crippen LogP contribution in [0.2, 0.25) is 5.04 Å². The van der Waals surface area contributed by atoms with E-state index in [1.54, 1.807) is 7.11 Å². The summed E-state index contributed by atoms with van der Waals surface area (Å²) in [5, 5.41) is 2.65. The molecule has 2 heterocycles. The first-order valence-corrected chi connectivity index (χ1v) is 18.1. The third-order valence-corrected chi connectivity index (χ3v) is 16.7. The molecule has 3 aliphatic carbocycles. The van der Waals surface area contributed by atoms with E-state index in [1.165, 1.54) is 21.5 Å². The van der Waals surface area contributed by atoms with E-state index in [0.29, 0.717) is 12.7 Å². The van der Waals surface area contributed by atoms with Crippen LogP contribution in [0.1, 0.15) is 79.1 Å². The van der Waals surface area contributed by atoms with Gasteiger partial charge in [0.2, 0.25) is 0 Å². The smallest absolute Gasteiger partial charge is 0.261 e. The van der Waals surface area contributed by atoms with Crippen molar-refractivity contribution in [3.8, 4) is 0 Å². The molecule has 0 radical (unpaired) electrons. The Morgan fingerprint density at radius 2 is 1.60 bits per heavy atom. The molecule has 42 heavy (non-hydrogen) atoms. The second-order valence-electron chi connectivity index (χ2n) is 14.8. The van der Waals surface area contributed by atoms with Crippen molar-refractivity contribution in [3.05, 3.63) is 84.0 Å². The number of methoxy groups -OCH3 is 1. The topological polar surface area (TPSA) is 36.9 Å². The van der Waals surface area contributed by atoms with E-state index in [4.69, 9.17) is 18.6 Å². The molecule has 2 aliphatic heterocycles. The van der Waals surface area contributed by atoms with Crippen molar-refractivity contribution in [2.45, 2.75) is 108 Å². The van der Waals surface area contributed by atoms with Gasteiger partial charge in [-0.2, -0.15) is 0 Å². The second-order valence-corrected chi connectivity index (χ2v) is 19.1. The zero-order valence-corrected chi connectivity index (χ0v) is 27.2. The molecule has 2 aromatic carbocycles. The lowest BCUT2D eigenvalue weighted by Gasteiger charge is -2.55. The van der Waals surface area contributed by atoms with E-state index in [0.717, 1.165) is 51.4 Å². The fourth-order valence-electron chi connectivity index (χ4n) is 9.80. The van der Waals surface area contributed by atoms with Crippen LogP contribution in [0.3, 0.4) is 0 Å². The Morgan fingerprint density at radius 3 is 2.24 bits per heavy atom. The average Bonchev–Trinajstić information content (AvgIpc) is 3.49. The predicted octanol–water partition coefficient (Wildman–Crippen LogP) is 7.08. The van der Waals surface area contributed by atoms with Crippen LogP contribution in [0.25, 0.3) is 0 Å². The minimum absolute atomic E-state index is 0.0525. The summed E-state index contributed by atoms with van der Waals surface area (Å²) >= 11 is 0. The highest BCUT2D eigenvalue weighted by atomic mass is 28.4. The molecule has 5 heteroatoms. The average molecular weight is 585 g/mol. The second kappa shape index (κ2) is 10.3. The van der Waals surface area contributed by atoms with E-state index in [1.807, 2.05) is 0 Å². The fraction of sp³-hybridized carbons (Fsp3) is 0.568. The molecule has 0 amide bonds. The van der Waals surface area contributed by atoms with Crippen LogP contribution < -0.4 is 10.4 Å². The molecule has 2 saturated carbocycles. The zero-order chi connectivity index (χ0) is 29.2. The van der Waals surface area contributed by atoms with Gasteiger partial charge in [0.15, 0.2) is 0 Å². The van der Waals surface area contributed by atoms with Crippen molar-refractivity contribution in [1.82, 2.24) is 0 Å². The molecule has 2 aromatic rings. The van der Waals surface area contributed by atoms with Gasteiger partial charge in [0, 0.05) is 18.4 Å². The molecule has 2 bridgehead atoms. The minimum atomic E-state index is -2.69. The summed E-state index contributed by atoms with van der Waals surface area (Å²) in [6.07, 6.45) is 14.1. The summed E-state index contributed by atoms with van der Waals surface area (Å²) in [6, 6.07) is 22.2. The number of rotatable bonds is 7. The molecule has 4 nitrogen and oxygen atoms in total. The summed E-state index contributed by atoms with van der Waals surface area (Å²) in [5.74, 6) is 0.474. The van der Waals surface area contributed by atoms with Crippen molar-refractivity contribution < 1.29 is 18.6 Å². The van der Waals surface area contributed by atoms with Gasteiger partial charge in [0.25, 0.3) is 8.32 Å². The maximum absolute atomic E-state index is 7.81. The van der Waals surface area contributed by atoms with Gasteiger partial charge >= 0.3 is 0 Å². The van der Waals surface area contributed by atoms with E-state index in [-0.39, 0.29) is 33.9 Å². The quantitative estimate of drug-likeness (QED) is 0.258. The van der Waals surface area contributed by atoms with Gasteiger partial charge in [0.1, 0.15) is 6.79 Å². The monoisotopic (exact) mass is 584 g/mol. The number of allylic oxidation sites excluding steroid dienone is 1. The van der Waals surface area contributed by atoms with E-state index >= 15 is 0 Å². The highest BCUT2D eigenvalue weighted by molar-refractivity contribution is 6.99. The molecular formula is C37H48O4Si. The molecule has 5 aliphatic rings. The Hall–Kier alpha value is -2.02. The van der Waals surface area contributed by atoms with Crippen LogP contribution in [0, 0.1) is 11.3 Å². The summed E-state index contributed by atoms with van der Waals surface area (Å²) < 4.78 is 26.9. The van der Waals surface area contributed by atoms with Gasteiger partial charge in [-0.15, -0.1) is 0 Å². The first-order chi connectivity index (χ1) is 20.2. The van der Waals surface area contributed by atoms with Crippen molar-refractivity contribution in [2.24, 2.45) is 11.3 Å². The third-order valence-electron chi connectivity index (χ3n) is 11.7. The van der Waals surface area contributed by atoms with Crippen LogP contribution in [0.15, 0.2) is 84.0 Å². The highest BCUT2D eigenvalue weighted by Crippen LogP contribution is 2.67. The molecule has 3 fully saturated rings. The molecule has 1 saturated heterocycles. The van der Waals surface area contributed by atoms with Crippen molar-refractivity contribution in [3.63, 3.8) is 0 Å². The molecular weight excluding hydrogens is 536 g/mol. The summed E-state index contributed by atoms with van der Waals surface area (Å²) in [6.45, 7) is 9.97. The van der Waals surface area contributed by atoms with Crippen LogP contribution in [-0.2, 0) is 18.6 Å². The van der Waals surface area contributed by atoms with E-state index in [9.17, 15) is 0 Å². The maximum Gasteiger partial charge on any atom is 0.261 e. The Kier molecular flexibility index (Phi) is 7.03. The lowest BCUT2D eigenvalue weighted by molar-refractivity contribution is -0.163. The Morgan fingerprint density at radius 1 is 0.905 bits per heavy atom. The van der Waals surface area contributed by atoms with E-state index < -0.39 is 8.32 Å². The van der Waals surface area contributed by atoms with Gasteiger partial charge in [-0.3, -0.25) is 0 Å². The van der Waals surface area contributed by atoms with E-state index in [2.05, 4.69) is 101 Å². The first kappa shape index (κ1) is 28.7. The standard InChI is InChI=1S/C37H48O4Si/c1-34(2,3)42(28-13-8-6-9-14-28,29-15-10-7-11-16-29)40-31-17-12-21-36-23-24-37(41-36)27(25-30(31)36)20-22-35(4)32(37)18-19-33(35)39-26-38-5/h6-11,13-16,20,25,31-33H,12,17-19,21-24,26H2,1-5H3/t31-,32+,33-,35-,36-,37+/m0/s1. The largest absolute Gasteiger partial charge is 0.401 e. The number of benzene rings is 2. The molecule has 0 N–H and O–H groups in total. The highest BCUT2D eigenvalue weighted by Gasteiger charge is 2.67. The minimum Gasteiger partial charge on any atom is -0.401 e. The number of hydrogen-bond donors (Lipinski definition) is 0. The van der Waals surface area contributed by atoms with Gasteiger partial charge in [-0.25, -0.2) is 0 Å². The molecule has 224 valence electrons. The van der Waals surface area contributed by atoms with Crippen LogP contribution in [0.4, 0.5) is 0 Å². The lowest BCUT2D eigenvalue weighted by Crippen LogP contribution is -2.68. The SMILES string of the molecule is COCO[C@H]1CC[C@@H]2[C@]1(C)CC=C1C=C3[C@@H](O[Si](c4ccccc4)(c4ccccc4)C(C)(C)C)CCC[C@]34CC[C@@]12O4. The number of ether oxygens (including phenoxy) is 3. The molecule has 0 aromatic heterocycles. The van der Waals surface area contributed by atoms with Gasteiger partial charge in [-0.1, -0.05) is 101 Å². The van der Waals surface area contributed by atoms with Crippen LogP contribution in [0.5, 0.6) is 0 Å². The summed E-state index contributed by atoms with van der Waals surface area (Å²) in [7, 11) is -0.970. The van der Waals surface area contributed by atoms with Crippen molar-refractivity contribution in [1.29, 1.82) is 0 Å². The zero-order valence-electron chi connectivity index (χ0n) is 26.2. The fourth-order valence-corrected chi connectivity index (χ4v) is 14.5.